The number of aromatic nitrogens is 2. The Balaban J connectivity index is 1.38. The molecule has 0 spiro atoms. The molecule has 0 saturated carbocycles. The molecule has 1 amide bonds. The third-order valence-corrected chi connectivity index (χ3v) is 6.22. The first-order chi connectivity index (χ1) is 13.0. The second-order valence-corrected chi connectivity index (χ2v) is 8.50. The van der Waals surface area contributed by atoms with Crippen LogP contribution in [0.4, 0.5) is 0 Å². The van der Waals surface area contributed by atoms with Gasteiger partial charge in [-0.1, -0.05) is 44.2 Å². The summed E-state index contributed by atoms with van der Waals surface area (Å²) >= 11 is 0. The van der Waals surface area contributed by atoms with E-state index in [1.807, 2.05) is 4.90 Å². The average Bonchev–Trinajstić information content (AvgIpc) is 3.04. The summed E-state index contributed by atoms with van der Waals surface area (Å²) in [6, 6.07) is 11.5. The summed E-state index contributed by atoms with van der Waals surface area (Å²) < 4.78 is 0. The van der Waals surface area contributed by atoms with E-state index >= 15 is 0 Å². The van der Waals surface area contributed by atoms with E-state index in [1.54, 1.807) is 18.6 Å². The third-order valence-electron chi connectivity index (χ3n) is 6.22. The fourth-order valence-electron chi connectivity index (χ4n) is 4.71. The second-order valence-electron chi connectivity index (χ2n) is 8.50. The van der Waals surface area contributed by atoms with Crippen LogP contribution in [-0.4, -0.2) is 57.9 Å². The SMILES string of the molecule is CC1(C)CN(C2CCN(C(=O)c3cnccn3)CC2)CC1c1ccccc1. The van der Waals surface area contributed by atoms with Crippen molar-refractivity contribution >= 4 is 5.91 Å². The van der Waals surface area contributed by atoms with Crippen LogP contribution in [0.3, 0.4) is 0 Å². The van der Waals surface area contributed by atoms with Gasteiger partial charge in [0.05, 0.1) is 6.20 Å². The normalized spacial score (nSPS) is 23.5. The maximum absolute atomic E-state index is 12.6. The number of piperidine rings is 1. The average molecular weight is 364 g/mol. The molecule has 4 rings (SSSR count). The third kappa shape index (κ3) is 3.74. The van der Waals surface area contributed by atoms with Gasteiger partial charge in [0, 0.05) is 50.5 Å². The first-order valence-electron chi connectivity index (χ1n) is 9.89. The van der Waals surface area contributed by atoms with E-state index in [4.69, 9.17) is 0 Å². The van der Waals surface area contributed by atoms with E-state index in [2.05, 4.69) is 59.0 Å². The van der Waals surface area contributed by atoms with Gasteiger partial charge in [-0.05, 0) is 23.8 Å². The van der Waals surface area contributed by atoms with Crippen molar-refractivity contribution in [1.82, 2.24) is 19.8 Å². The minimum Gasteiger partial charge on any atom is -0.337 e. The van der Waals surface area contributed by atoms with Crippen molar-refractivity contribution in [3.05, 3.63) is 60.2 Å². The highest BCUT2D eigenvalue weighted by molar-refractivity contribution is 5.92. The molecule has 1 aromatic heterocycles. The summed E-state index contributed by atoms with van der Waals surface area (Å²) in [4.78, 5) is 25.3. The number of carbonyl (C=O) groups excluding carboxylic acids is 1. The largest absolute Gasteiger partial charge is 0.337 e. The lowest BCUT2D eigenvalue weighted by molar-refractivity contribution is 0.0629. The van der Waals surface area contributed by atoms with Crippen molar-refractivity contribution in [3.63, 3.8) is 0 Å². The van der Waals surface area contributed by atoms with Gasteiger partial charge in [-0.3, -0.25) is 14.7 Å². The number of amides is 1. The second kappa shape index (κ2) is 7.39. The molecule has 0 aliphatic carbocycles. The van der Waals surface area contributed by atoms with Gasteiger partial charge in [-0.25, -0.2) is 4.98 Å². The van der Waals surface area contributed by atoms with Crippen LogP contribution in [0.1, 0.15) is 48.7 Å². The molecule has 5 nitrogen and oxygen atoms in total. The smallest absolute Gasteiger partial charge is 0.274 e. The lowest BCUT2D eigenvalue weighted by Crippen LogP contribution is -2.46. The predicted molar refractivity (Wildman–Crippen MR) is 105 cm³/mol. The van der Waals surface area contributed by atoms with Crippen molar-refractivity contribution in [2.75, 3.05) is 26.2 Å². The molecule has 2 saturated heterocycles. The summed E-state index contributed by atoms with van der Waals surface area (Å²) in [5.41, 5.74) is 2.16. The standard InChI is InChI=1S/C22H28N4O/c1-22(2)16-26(15-19(22)17-6-4-3-5-7-17)18-8-12-25(13-9-18)21(27)20-14-23-10-11-24-20/h3-7,10-11,14,18-19H,8-9,12-13,15-16H2,1-2H3. The molecule has 142 valence electrons. The van der Waals surface area contributed by atoms with Crippen molar-refractivity contribution in [2.45, 2.75) is 38.6 Å². The Morgan fingerprint density at radius 1 is 1.11 bits per heavy atom. The van der Waals surface area contributed by atoms with Gasteiger partial charge in [0.25, 0.3) is 5.91 Å². The quantitative estimate of drug-likeness (QED) is 0.839. The Morgan fingerprint density at radius 3 is 2.52 bits per heavy atom. The van der Waals surface area contributed by atoms with Crippen LogP contribution in [0.2, 0.25) is 0 Å². The van der Waals surface area contributed by atoms with Crippen molar-refractivity contribution in [1.29, 1.82) is 0 Å². The fraction of sp³-hybridized carbons (Fsp3) is 0.500. The van der Waals surface area contributed by atoms with Gasteiger partial charge in [0.2, 0.25) is 0 Å². The number of rotatable bonds is 3. The van der Waals surface area contributed by atoms with Gasteiger partial charge in [0.15, 0.2) is 0 Å². The molecular formula is C22H28N4O. The summed E-state index contributed by atoms with van der Waals surface area (Å²) in [6.45, 7) is 8.60. The van der Waals surface area contributed by atoms with Crippen molar-refractivity contribution in [3.8, 4) is 0 Å². The molecule has 27 heavy (non-hydrogen) atoms. The highest BCUT2D eigenvalue weighted by Crippen LogP contribution is 2.43. The topological polar surface area (TPSA) is 49.3 Å². The van der Waals surface area contributed by atoms with Gasteiger partial charge in [0.1, 0.15) is 5.69 Å². The molecular weight excluding hydrogens is 336 g/mol. The van der Waals surface area contributed by atoms with Crippen molar-refractivity contribution < 1.29 is 4.79 Å². The van der Waals surface area contributed by atoms with Gasteiger partial charge >= 0.3 is 0 Å². The fourth-order valence-corrected chi connectivity index (χ4v) is 4.71. The van der Waals surface area contributed by atoms with Gasteiger partial charge in [-0.15, -0.1) is 0 Å². The van der Waals surface area contributed by atoms with E-state index < -0.39 is 0 Å². The Kier molecular flexibility index (Phi) is 4.96. The molecule has 1 aromatic carbocycles. The van der Waals surface area contributed by atoms with Gasteiger partial charge in [-0.2, -0.15) is 0 Å². The number of benzene rings is 1. The molecule has 0 bridgehead atoms. The zero-order valence-corrected chi connectivity index (χ0v) is 16.2. The Hall–Kier alpha value is -2.27. The molecule has 1 unspecified atom stereocenters. The van der Waals surface area contributed by atoms with Crippen LogP contribution in [0.25, 0.3) is 0 Å². The number of hydrogen-bond acceptors (Lipinski definition) is 4. The van der Waals surface area contributed by atoms with E-state index in [1.165, 1.54) is 5.56 Å². The molecule has 1 atom stereocenters. The maximum Gasteiger partial charge on any atom is 0.274 e. The van der Waals surface area contributed by atoms with E-state index in [0.29, 0.717) is 17.7 Å². The molecule has 2 fully saturated rings. The number of hydrogen-bond donors (Lipinski definition) is 0. The number of nitrogens with zero attached hydrogens (tertiary/aromatic N) is 4. The van der Waals surface area contributed by atoms with E-state index in [-0.39, 0.29) is 11.3 Å². The molecule has 5 heteroatoms. The Morgan fingerprint density at radius 2 is 1.85 bits per heavy atom. The zero-order valence-electron chi connectivity index (χ0n) is 16.2. The molecule has 2 aliphatic rings. The van der Waals surface area contributed by atoms with E-state index in [0.717, 1.165) is 39.0 Å². The first-order valence-corrected chi connectivity index (χ1v) is 9.89. The number of carbonyl (C=O) groups is 1. The molecule has 2 aliphatic heterocycles. The monoisotopic (exact) mass is 364 g/mol. The van der Waals surface area contributed by atoms with Crippen LogP contribution in [0, 0.1) is 5.41 Å². The Bertz CT molecular complexity index is 769. The Labute approximate surface area is 161 Å². The lowest BCUT2D eigenvalue weighted by atomic mass is 9.78. The summed E-state index contributed by atoms with van der Waals surface area (Å²) in [5.74, 6) is 0.573. The van der Waals surface area contributed by atoms with Crippen LogP contribution >= 0.6 is 0 Å². The summed E-state index contributed by atoms with van der Waals surface area (Å²) in [7, 11) is 0. The van der Waals surface area contributed by atoms with Crippen LogP contribution < -0.4 is 0 Å². The zero-order chi connectivity index (χ0) is 18.9. The predicted octanol–water partition coefficient (Wildman–Crippen LogP) is 3.21. The van der Waals surface area contributed by atoms with Crippen LogP contribution in [-0.2, 0) is 0 Å². The van der Waals surface area contributed by atoms with Crippen molar-refractivity contribution in [2.24, 2.45) is 5.41 Å². The highest BCUT2D eigenvalue weighted by atomic mass is 16.2. The minimum absolute atomic E-state index is 0.00506. The summed E-state index contributed by atoms with van der Waals surface area (Å²) in [5, 5.41) is 0. The van der Waals surface area contributed by atoms with Crippen LogP contribution in [0.5, 0.6) is 0 Å². The first kappa shape index (κ1) is 18.1. The molecule has 2 aromatic rings. The minimum atomic E-state index is 0.00506. The van der Waals surface area contributed by atoms with Gasteiger partial charge < -0.3 is 4.90 Å². The lowest BCUT2D eigenvalue weighted by Gasteiger charge is -2.37. The molecule has 3 heterocycles. The number of likely N-dealkylation sites (tertiary alicyclic amines) is 2. The van der Waals surface area contributed by atoms with Crippen LogP contribution in [0.15, 0.2) is 48.9 Å². The maximum atomic E-state index is 12.6. The molecule has 0 N–H and O–H groups in total. The van der Waals surface area contributed by atoms with E-state index in [9.17, 15) is 4.79 Å². The highest BCUT2D eigenvalue weighted by Gasteiger charge is 2.43. The molecule has 0 radical (unpaired) electrons. The summed E-state index contributed by atoms with van der Waals surface area (Å²) in [6.07, 6.45) is 6.80.